The van der Waals surface area contributed by atoms with Crippen LogP contribution in [-0.4, -0.2) is 47.7 Å². The Kier molecular flexibility index (Phi) is 5.06. The van der Waals surface area contributed by atoms with E-state index in [4.69, 9.17) is 0 Å². The van der Waals surface area contributed by atoms with Crippen molar-refractivity contribution in [2.75, 3.05) is 31.1 Å². The molecule has 2 rings (SSSR count). The van der Waals surface area contributed by atoms with Gasteiger partial charge in [0.25, 0.3) is 5.91 Å². The molecular formula is C17H25FN2O2. The number of amides is 1. The largest absolute Gasteiger partial charge is 0.389 e. The molecule has 1 saturated heterocycles. The first-order chi connectivity index (χ1) is 10.3. The molecule has 0 unspecified atom stereocenters. The summed E-state index contributed by atoms with van der Waals surface area (Å²) in [4.78, 5) is 16.0. The zero-order valence-corrected chi connectivity index (χ0v) is 13.6. The van der Waals surface area contributed by atoms with Crippen LogP contribution >= 0.6 is 0 Å². The second-order valence-corrected chi connectivity index (χ2v) is 6.49. The molecule has 1 aliphatic rings. The molecule has 1 N–H and O–H groups in total. The average Bonchev–Trinajstić information content (AvgIpc) is 2.96. The first kappa shape index (κ1) is 16.7. The molecule has 1 aliphatic heterocycles. The summed E-state index contributed by atoms with van der Waals surface area (Å²) in [5.74, 6) is -0.608. The van der Waals surface area contributed by atoms with Gasteiger partial charge in [0.1, 0.15) is 5.82 Å². The molecule has 5 heteroatoms. The van der Waals surface area contributed by atoms with Crippen molar-refractivity contribution < 1.29 is 14.3 Å². The average molecular weight is 308 g/mol. The number of rotatable bonds is 5. The topological polar surface area (TPSA) is 43.8 Å². The Bertz CT molecular complexity index is 534. The Morgan fingerprint density at radius 3 is 2.50 bits per heavy atom. The number of carbonyl (C=O) groups is 1. The Morgan fingerprint density at radius 2 is 2.00 bits per heavy atom. The van der Waals surface area contributed by atoms with Gasteiger partial charge in [0.15, 0.2) is 0 Å². The molecule has 1 fully saturated rings. The fourth-order valence-corrected chi connectivity index (χ4v) is 2.83. The first-order valence-electron chi connectivity index (χ1n) is 7.88. The number of halogens is 1. The first-order valence-corrected chi connectivity index (χ1v) is 7.88. The number of carbonyl (C=O) groups excluding carboxylic acids is 1. The predicted molar refractivity (Wildman–Crippen MR) is 85.7 cm³/mol. The lowest BCUT2D eigenvalue weighted by Gasteiger charge is -2.28. The molecule has 1 amide bonds. The van der Waals surface area contributed by atoms with Crippen molar-refractivity contribution >= 4 is 11.6 Å². The van der Waals surface area contributed by atoms with Gasteiger partial charge in [0, 0.05) is 31.7 Å². The third-order valence-electron chi connectivity index (χ3n) is 3.89. The summed E-state index contributed by atoms with van der Waals surface area (Å²) in [6.45, 7) is 7.57. The van der Waals surface area contributed by atoms with E-state index >= 15 is 0 Å². The van der Waals surface area contributed by atoms with E-state index in [0.29, 0.717) is 17.8 Å². The number of nitrogens with zero attached hydrogens (tertiary/aromatic N) is 2. The van der Waals surface area contributed by atoms with Crippen molar-refractivity contribution in [1.29, 1.82) is 0 Å². The van der Waals surface area contributed by atoms with E-state index < -0.39 is 5.60 Å². The summed E-state index contributed by atoms with van der Waals surface area (Å²) >= 11 is 0. The summed E-state index contributed by atoms with van der Waals surface area (Å²) in [6.07, 6.45) is 2.16. The van der Waals surface area contributed by atoms with Crippen LogP contribution in [0.25, 0.3) is 0 Å². The highest BCUT2D eigenvalue weighted by atomic mass is 19.1. The minimum Gasteiger partial charge on any atom is -0.389 e. The third kappa shape index (κ3) is 3.97. The Balaban J connectivity index is 2.17. The van der Waals surface area contributed by atoms with Crippen LogP contribution in [0.5, 0.6) is 0 Å². The van der Waals surface area contributed by atoms with Crippen molar-refractivity contribution in [3.8, 4) is 0 Å². The van der Waals surface area contributed by atoms with Crippen LogP contribution < -0.4 is 4.90 Å². The van der Waals surface area contributed by atoms with Gasteiger partial charge < -0.3 is 14.9 Å². The van der Waals surface area contributed by atoms with Crippen LogP contribution in [0, 0.1) is 5.82 Å². The van der Waals surface area contributed by atoms with E-state index in [1.807, 2.05) is 11.8 Å². The van der Waals surface area contributed by atoms with Crippen LogP contribution in [-0.2, 0) is 0 Å². The van der Waals surface area contributed by atoms with Gasteiger partial charge in [-0.1, -0.05) is 0 Å². The standard InChI is InChI=1S/C17H25FN2O2/c1-4-19(12-17(2,3)22)16(21)13-7-8-15(14(18)11-13)20-9-5-6-10-20/h7-8,11,22H,4-6,9-10,12H2,1-3H3. The highest BCUT2D eigenvalue weighted by molar-refractivity contribution is 5.94. The molecule has 0 bridgehead atoms. The van der Waals surface area contributed by atoms with Gasteiger partial charge >= 0.3 is 0 Å². The van der Waals surface area contributed by atoms with Gasteiger partial charge in [0.2, 0.25) is 0 Å². The summed E-state index contributed by atoms with van der Waals surface area (Å²) in [5.41, 5.74) is -0.0779. The molecule has 1 aromatic rings. The van der Waals surface area contributed by atoms with Gasteiger partial charge in [-0.2, -0.15) is 0 Å². The summed E-state index contributed by atoms with van der Waals surface area (Å²) < 4.78 is 14.3. The monoisotopic (exact) mass is 308 g/mol. The van der Waals surface area contributed by atoms with Gasteiger partial charge in [0.05, 0.1) is 11.3 Å². The molecular weight excluding hydrogens is 283 g/mol. The maximum atomic E-state index is 14.3. The van der Waals surface area contributed by atoms with Crippen molar-refractivity contribution in [2.24, 2.45) is 0 Å². The zero-order valence-electron chi connectivity index (χ0n) is 13.6. The predicted octanol–water partition coefficient (Wildman–Crippen LogP) is 2.66. The number of aliphatic hydroxyl groups is 1. The van der Waals surface area contributed by atoms with E-state index in [9.17, 15) is 14.3 Å². The lowest BCUT2D eigenvalue weighted by atomic mass is 10.1. The highest BCUT2D eigenvalue weighted by Gasteiger charge is 2.23. The Hall–Kier alpha value is -1.62. The SMILES string of the molecule is CCN(CC(C)(C)O)C(=O)c1ccc(N2CCCC2)c(F)c1. The lowest BCUT2D eigenvalue weighted by molar-refractivity contribution is 0.0314. The van der Waals surface area contributed by atoms with Crippen molar-refractivity contribution in [3.05, 3.63) is 29.6 Å². The quantitative estimate of drug-likeness (QED) is 0.909. The van der Waals surface area contributed by atoms with E-state index in [-0.39, 0.29) is 18.3 Å². The van der Waals surface area contributed by atoms with Crippen molar-refractivity contribution in [3.63, 3.8) is 0 Å². The van der Waals surface area contributed by atoms with Gasteiger partial charge in [-0.25, -0.2) is 4.39 Å². The molecule has 22 heavy (non-hydrogen) atoms. The van der Waals surface area contributed by atoms with Crippen LogP contribution in [0.15, 0.2) is 18.2 Å². The molecule has 4 nitrogen and oxygen atoms in total. The number of hydrogen-bond acceptors (Lipinski definition) is 3. The zero-order chi connectivity index (χ0) is 16.3. The molecule has 0 aliphatic carbocycles. The van der Waals surface area contributed by atoms with E-state index in [1.165, 1.54) is 11.0 Å². The van der Waals surface area contributed by atoms with Gasteiger partial charge in [-0.3, -0.25) is 4.79 Å². The maximum absolute atomic E-state index is 14.3. The van der Waals surface area contributed by atoms with Crippen molar-refractivity contribution in [1.82, 2.24) is 4.90 Å². The second kappa shape index (κ2) is 6.65. The minimum absolute atomic E-state index is 0.220. The molecule has 0 atom stereocenters. The minimum atomic E-state index is -0.973. The third-order valence-corrected chi connectivity index (χ3v) is 3.89. The molecule has 0 spiro atoms. The maximum Gasteiger partial charge on any atom is 0.254 e. The highest BCUT2D eigenvalue weighted by Crippen LogP contribution is 2.25. The van der Waals surface area contributed by atoms with Gasteiger partial charge in [-0.15, -0.1) is 0 Å². The number of likely N-dealkylation sites (N-methyl/N-ethyl adjacent to an activating group) is 1. The van der Waals surface area contributed by atoms with Crippen LogP contribution in [0.4, 0.5) is 10.1 Å². The second-order valence-electron chi connectivity index (χ2n) is 6.49. The fourth-order valence-electron chi connectivity index (χ4n) is 2.83. The van der Waals surface area contributed by atoms with Crippen molar-refractivity contribution in [2.45, 2.75) is 39.2 Å². The molecule has 1 heterocycles. The molecule has 1 aromatic carbocycles. The summed E-state index contributed by atoms with van der Waals surface area (Å²) in [6, 6.07) is 4.67. The van der Waals surface area contributed by atoms with E-state index in [1.54, 1.807) is 26.0 Å². The Morgan fingerprint density at radius 1 is 1.36 bits per heavy atom. The van der Waals surface area contributed by atoms with E-state index in [0.717, 1.165) is 25.9 Å². The number of hydrogen-bond donors (Lipinski definition) is 1. The molecule has 122 valence electrons. The fraction of sp³-hybridized carbons (Fsp3) is 0.588. The Labute approximate surface area is 131 Å². The van der Waals surface area contributed by atoms with Crippen LogP contribution in [0.1, 0.15) is 44.0 Å². The normalized spacial score (nSPS) is 15.2. The summed E-state index contributed by atoms with van der Waals surface area (Å²) in [7, 11) is 0. The smallest absolute Gasteiger partial charge is 0.254 e. The van der Waals surface area contributed by atoms with Crippen LogP contribution in [0.3, 0.4) is 0 Å². The van der Waals surface area contributed by atoms with Crippen LogP contribution in [0.2, 0.25) is 0 Å². The lowest BCUT2D eigenvalue weighted by Crippen LogP contribution is -2.42. The summed E-state index contributed by atoms with van der Waals surface area (Å²) in [5, 5.41) is 9.88. The number of anilines is 1. The number of benzene rings is 1. The molecule has 0 radical (unpaired) electrons. The molecule has 0 aromatic heterocycles. The van der Waals surface area contributed by atoms with E-state index in [2.05, 4.69) is 0 Å². The molecule has 0 saturated carbocycles. The van der Waals surface area contributed by atoms with Gasteiger partial charge in [-0.05, 0) is 51.8 Å².